The molecule has 1 rings (SSSR count). The van der Waals surface area contributed by atoms with E-state index in [1.165, 1.54) is 0 Å². The second kappa shape index (κ2) is 6.13. The van der Waals surface area contributed by atoms with Gasteiger partial charge in [0, 0.05) is 16.6 Å². The molecule has 0 amide bonds. The van der Waals surface area contributed by atoms with Gasteiger partial charge >= 0.3 is 0 Å². The van der Waals surface area contributed by atoms with Crippen molar-refractivity contribution in [3.05, 3.63) is 28.2 Å². The molecule has 0 radical (unpaired) electrons. The molecule has 1 aromatic rings. The van der Waals surface area contributed by atoms with Gasteiger partial charge in [-0.2, -0.15) is 0 Å². The summed E-state index contributed by atoms with van der Waals surface area (Å²) in [6, 6.07) is 5.95. The molecule has 84 valence electrons. The zero-order valence-corrected chi connectivity index (χ0v) is 10.9. The van der Waals surface area contributed by atoms with Crippen molar-refractivity contribution in [1.29, 1.82) is 0 Å². The lowest BCUT2D eigenvalue weighted by Crippen LogP contribution is -2.09. The monoisotopic (exact) mass is 271 g/mol. The fraction of sp³-hybridized carbons (Fsp3) is 0.500. The first-order chi connectivity index (χ1) is 7.17. The highest BCUT2D eigenvalue weighted by Gasteiger charge is 2.05. The maximum absolute atomic E-state index is 5.73. The lowest BCUT2D eigenvalue weighted by Gasteiger charge is -2.13. The van der Waals surface area contributed by atoms with Crippen LogP contribution in [0.5, 0.6) is 5.75 Å². The number of ether oxygens (including phenoxy) is 1. The summed E-state index contributed by atoms with van der Waals surface area (Å²) in [6.45, 7) is 5.61. The van der Waals surface area contributed by atoms with E-state index in [0.717, 1.165) is 28.8 Å². The van der Waals surface area contributed by atoms with Crippen molar-refractivity contribution < 1.29 is 4.74 Å². The second-order valence-corrected chi connectivity index (χ2v) is 4.70. The Kier molecular flexibility index (Phi) is 5.12. The molecule has 0 heterocycles. The molecular weight excluding hydrogens is 254 g/mol. The van der Waals surface area contributed by atoms with Crippen LogP contribution in [0.2, 0.25) is 0 Å². The summed E-state index contributed by atoms with van der Waals surface area (Å²) in [6.07, 6.45) is 1.13. The highest BCUT2D eigenvalue weighted by molar-refractivity contribution is 9.10. The van der Waals surface area contributed by atoms with Gasteiger partial charge in [0.1, 0.15) is 5.75 Å². The van der Waals surface area contributed by atoms with Gasteiger partial charge in [-0.15, -0.1) is 0 Å². The number of halogens is 1. The average molecular weight is 272 g/mol. The van der Waals surface area contributed by atoms with Gasteiger partial charge < -0.3 is 10.5 Å². The van der Waals surface area contributed by atoms with Gasteiger partial charge in [-0.25, -0.2) is 0 Å². The number of hydrogen-bond donors (Lipinski definition) is 1. The zero-order valence-electron chi connectivity index (χ0n) is 9.29. The first kappa shape index (κ1) is 12.5. The van der Waals surface area contributed by atoms with Crippen LogP contribution in [0.1, 0.15) is 25.8 Å². The van der Waals surface area contributed by atoms with Crippen LogP contribution < -0.4 is 10.5 Å². The Morgan fingerprint density at radius 1 is 1.47 bits per heavy atom. The van der Waals surface area contributed by atoms with Gasteiger partial charge in [0.25, 0.3) is 0 Å². The molecule has 1 aromatic carbocycles. The highest BCUT2D eigenvalue weighted by Crippen LogP contribution is 2.23. The molecule has 2 N–H and O–H groups in total. The van der Waals surface area contributed by atoms with E-state index in [9.17, 15) is 0 Å². The number of hydrogen-bond acceptors (Lipinski definition) is 2. The fourth-order valence-electron chi connectivity index (χ4n) is 1.20. The Morgan fingerprint density at radius 3 is 2.80 bits per heavy atom. The number of nitrogens with two attached hydrogens (primary N) is 1. The zero-order chi connectivity index (χ0) is 11.3. The van der Waals surface area contributed by atoms with Crippen LogP contribution in [-0.4, -0.2) is 6.61 Å². The van der Waals surface area contributed by atoms with Crippen LogP contribution in [0, 0.1) is 5.92 Å². The minimum Gasteiger partial charge on any atom is -0.493 e. The molecule has 3 heteroatoms. The minimum atomic E-state index is 0.509. The Balaban J connectivity index is 2.67. The molecule has 0 aliphatic heterocycles. The highest BCUT2D eigenvalue weighted by atomic mass is 79.9. The molecular formula is C12H18BrNO. The van der Waals surface area contributed by atoms with Gasteiger partial charge in [0.2, 0.25) is 0 Å². The van der Waals surface area contributed by atoms with Crippen molar-refractivity contribution in [2.24, 2.45) is 11.7 Å². The van der Waals surface area contributed by atoms with Crippen molar-refractivity contribution in [1.82, 2.24) is 0 Å². The van der Waals surface area contributed by atoms with Gasteiger partial charge in [0.15, 0.2) is 0 Å². The summed E-state index contributed by atoms with van der Waals surface area (Å²) in [5.41, 5.74) is 6.71. The third kappa shape index (κ3) is 3.84. The maximum atomic E-state index is 5.73. The topological polar surface area (TPSA) is 35.2 Å². The first-order valence-electron chi connectivity index (χ1n) is 5.28. The maximum Gasteiger partial charge on any atom is 0.123 e. The molecule has 0 saturated carbocycles. The molecule has 15 heavy (non-hydrogen) atoms. The van der Waals surface area contributed by atoms with Crippen LogP contribution in [0.25, 0.3) is 0 Å². The van der Waals surface area contributed by atoms with Gasteiger partial charge in [-0.05, 0) is 24.1 Å². The van der Waals surface area contributed by atoms with E-state index in [-0.39, 0.29) is 0 Å². The fourth-order valence-corrected chi connectivity index (χ4v) is 1.61. The molecule has 1 atom stereocenters. The second-order valence-electron chi connectivity index (χ2n) is 3.78. The third-order valence-corrected chi connectivity index (χ3v) is 2.96. The Hall–Kier alpha value is -0.540. The predicted octanol–water partition coefficient (Wildman–Crippen LogP) is 3.33. The standard InChI is InChI=1S/C12H18BrNO/c1-3-9(2)8-15-12-5-4-11(13)6-10(12)7-14/h4-6,9H,3,7-8,14H2,1-2H3. The molecule has 0 bridgehead atoms. The first-order valence-corrected chi connectivity index (χ1v) is 6.08. The van der Waals surface area contributed by atoms with Crippen LogP contribution in [0.15, 0.2) is 22.7 Å². The normalized spacial score (nSPS) is 12.5. The van der Waals surface area contributed by atoms with Crippen LogP contribution in [-0.2, 0) is 6.54 Å². The van der Waals surface area contributed by atoms with Crippen molar-refractivity contribution in [2.45, 2.75) is 26.8 Å². The van der Waals surface area contributed by atoms with Gasteiger partial charge in [-0.3, -0.25) is 0 Å². The summed E-state index contributed by atoms with van der Waals surface area (Å²) in [5.74, 6) is 1.49. The van der Waals surface area contributed by atoms with Crippen molar-refractivity contribution in [3.63, 3.8) is 0 Å². The number of rotatable bonds is 5. The van der Waals surface area contributed by atoms with E-state index in [1.807, 2.05) is 18.2 Å². The van der Waals surface area contributed by atoms with Crippen molar-refractivity contribution in [3.8, 4) is 5.75 Å². The lowest BCUT2D eigenvalue weighted by molar-refractivity contribution is 0.254. The average Bonchev–Trinajstić information content (AvgIpc) is 2.26. The third-order valence-electron chi connectivity index (χ3n) is 2.46. The van der Waals surface area contributed by atoms with E-state index >= 15 is 0 Å². The largest absolute Gasteiger partial charge is 0.493 e. The van der Waals surface area contributed by atoms with Crippen LogP contribution in [0.4, 0.5) is 0 Å². The smallest absolute Gasteiger partial charge is 0.123 e. The van der Waals surface area contributed by atoms with E-state index < -0.39 is 0 Å². The minimum absolute atomic E-state index is 0.509. The summed E-state index contributed by atoms with van der Waals surface area (Å²) >= 11 is 3.42. The van der Waals surface area contributed by atoms with Crippen LogP contribution in [0.3, 0.4) is 0 Å². The Labute approximate surface area is 99.9 Å². The molecule has 0 saturated heterocycles. The summed E-state index contributed by atoms with van der Waals surface area (Å²) in [5, 5.41) is 0. The SMILES string of the molecule is CCC(C)COc1ccc(Br)cc1CN. The van der Waals surface area contributed by atoms with Crippen molar-refractivity contribution in [2.75, 3.05) is 6.61 Å². The molecule has 2 nitrogen and oxygen atoms in total. The van der Waals surface area contributed by atoms with E-state index in [2.05, 4.69) is 29.8 Å². The van der Waals surface area contributed by atoms with E-state index in [1.54, 1.807) is 0 Å². The molecule has 1 unspecified atom stereocenters. The summed E-state index contributed by atoms with van der Waals surface area (Å²) < 4.78 is 6.78. The summed E-state index contributed by atoms with van der Waals surface area (Å²) in [4.78, 5) is 0. The quantitative estimate of drug-likeness (QED) is 0.892. The Morgan fingerprint density at radius 2 is 2.20 bits per heavy atom. The van der Waals surface area contributed by atoms with E-state index in [0.29, 0.717) is 12.5 Å². The summed E-state index contributed by atoms with van der Waals surface area (Å²) in [7, 11) is 0. The number of benzene rings is 1. The van der Waals surface area contributed by atoms with Gasteiger partial charge in [0.05, 0.1) is 6.61 Å². The van der Waals surface area contributed by atoms with Crippen molar-refractivity contribution >= 4 is 15.9 Å². The predicted molar refractivity (Wildman–Crippen MR) is 67.0 cm³/mol. The van der Waals surface area contributed by atoms with Gasteiger partial charge in [-0.1, -0.05) is 36.2 Å². The Bertz CT molecular complexity index is 314. The molecule has 0 spiro atoms. The lowest BCUT2D eigenvalue weighted by atomic mass is 10.1. The van der Waals surface area contributed by atoms with Crippen LogP contribution >= 0.6 is 15.9 Å². The molecule has 0 aliphatic carbocycles. The molecule has 0 aromatic heterocycles. The molecule has 0 aliphatic rings. The molecule has 0 fully saturated rings. The van der Waals surface area contributed by atoms with E-state index in [4.69, 9.17) is 10.5 Å².